The summed E-state index contributed by atoms with van der Waals surface area (Å²) in [5.74, 6) is -10.5. The number of fused-ring (bicyclic) bond motifs is 5. The molecule has 0 saturated carbocycles. The number of aliphatic hydroxyl groups is 3. The molecular weight excluding hydrogens is 861 g/mol. The van der Waals surface area contributed by atoms with E-state index in [1.165, 1.54) is 32.0 Å². The summed E-state index contributed by atoms with van der Waals surface area (Å²) < 4.78 is 0. The molecule has 0 radical (unpaired) electrons. The number of phenols is 1. The number of aromatic amines is 1. The molecule has 5 rings (SSSR count). The summed E-state index contributed by atoms with van der Waals surface area (Å²) in [7, 11) is 0. The Balaban J connectivity index is 1.73. The molecule has 23 nitrogen and oxygen atoms in total. The molecule has 3 aliphatic rings. The first kappa shape index (κ1) is 49.0. The van der Waals surface area contributed by atoms with E-state index >= 15 is 0 Å². The van der Waals surface area contributed by atoms with Crippen LogP contribution >= 0.6 is 11.8 Å². The molecule has 0 unspecified atom stereocenters. The minimum Gasteiger partial charge on any atom is -0.508 e. The average Bonchev–Trinajstić information content (AvgIpc) is 3.80. The zero-order valence-electron chi connectivity index (χ0n) is 35.6. The van der Waals surface area contributed by atoms with Crippen molar-refractivity contribution in [3.63, 3.8) is 0 Å². The third kappa shape index (κ3) is 11.6. The summed E-state index contributed by atoms with van der Waals surface area (Å²) >= 11 is 0.972. The van der Waals surface area contributed by atoms with Gasteiger partial charge in [-0.05, 0) is 29.7 Å². The van der Waals surface area contributed by atoms with Crippen LogP contribution in [0.5, 0.6) is 5.75 Å². The van der Waals surface area contributed by atoms with E-state index in [0.29, 0.717) is 22.9 Å². The lowest BCUT2D eigenvalue weighted by molar-refractivity contribution is -0.144. The van der Waals surface area contributed by atoms with Crippen LogP contribution in [0.3, 0.4) is 0 Å². The molecule has 24 heteroatoms. The number of nitrogens with zero attached hydrogens (tertiary/aromatic N) is 1. The van der Waals surface area contributed by atoms with Crippen LogP contribution in [-0.4, -0.2) is 163 Å². The predicted octanol–water partition coefficient (Wildman–Crippen LogP) is -4.55. The van der Waals surface area contributed by atoms with Gasteiger partial charge in [0.05, 0.1) is 43.4 Å². The first-order chi connectivity index (χ1) is 30.2. The van der Waals surface area contributed by atoms with Crippen molar-refractivity contribution in [2.45, 2.75) is 112 Å². The molecule has 1 aromatic heterocycles. The molecule has 2 aromatic rings. The first-order valence-electron chi connectivity index (χ1n) is 20.8. The fourth-order valence-electron chi connectivity index (χ4n) is 7.80. The van der Waals surface area contributed by atoms with Gasteiger partial charge in [-0.25, -0.2) is 0 Å². The van der Waals surface area contributed by atoms with Crippen molar-refractivity contribution in [1.29, 1.82) is 0 Å². The molecule has 1 aromatic carbocycles. The molecule has 350 valence electrons. The Labute approximate surface area is 371 Å². The SMILES string of the molecule is CC[C@H](C)[C@@H]1NC(=O)CNC(=O)[C@@H]2Cc3c([nH]c4ccc(O)cc34)S[C@@H](C)[C@H](NC(=O)CNC1=O)C(=O)N[C@@H](CC(N)=O)C(=O)N1C[C@H](O)C[C@H]1C(=O)N[C@@H]([C@@H](C)[C@@H](O)CO)C(=O)N2. The minimum absolute atomic E-state index is 0.184. The molecule has 11 atom stereocenters. The average molecular weight is 917 g/mol. The topological polar surface area (TPSA) is 364 Å². The lowest BCUT2D eigenvalue weighted by Gasteiger charge is -2.33. The van der Waals surface area contributed by atoms with E-state index < -0.39 is 151 Å². The van der Waals surface area contributed by atoms with Gasteiger partial charge in [-0.15, -0.1) is 11.8 Å². The maximum Gasteiger partial charge on any atom is 0.246 e. The third-order valence-corrected chi connectivity index (χ3v) is 12.9. The highest BCUT2D eigenvalue weighted by Gasteiger charge is 2.45. The number of hydrogen-bond acceptors (Lipinski definition) is 14. The van der Waals surface area contributed by atoms with Crippen molar-refractivity contribution in [3.05, 3.63) is 23.8 Å². The van der Waals surface area contributed by atoms with Crippen LogP contribution in [0.2, 0.25) is 0 Å². The molecule has 0 aliphatic carbocycles. The Kier molecular flexibility index (Phi) is 16.2. The van der Waals surface area contributed by atoms with Crippen LogP contribution in [0, 0.1) is 11.8 Å². The van der Waals surface area contributed by atoms with Crippen molar-refractivity contribution < 1.29 is 63.6 Å². The Morgan fingerprint density at radius 1 is 0.891 bits per heavy atom. The van der Waals surface area contributed by atoms with Crippen LogP contribution in [0.1, 0.15) is 52.5 Å². The summed E-state index contributed by atoms with van der Waals surface area (Å²) in [6.07, 6.45) is -4.08. The Bertz CT molecular complexity index is 2150. The maximum atomic E-state index is 14.5. The van der Waals surface area contributed by atoms with Gasteiger partial charge in [0.25, 0.3) is 0 Å². The predicted molar refractivity (Wildman–Crippen MR) is 226 cm³/mol. The normalized spacial score (nSPS) is 28.5. The minimum atomic E-state index is -1.76. The van der Waals surface area contributed by atoms with Crippen LogP contribution in [-0.2, 0) is 49.6 Å². The van der Waals surface area contributed by atoms with Crippen LogP contribution < -0.4 is 43.0 Å². The van der Waals surface area contributed by atoms with E-state index in [1.807, 2.05) is 0 Å². The molecule has 2 bridgehead atoms. The molecule has 3 aliphatic heterocycles. The number of carbonyl (C=O) groups excluding carboxylic acids is 9. The number of primary amides is 1. The third-order valence-electron chi connectivity index (χ3n) is 11.7. The number of aromatic hydroxyl groups is 1. The van der Waals surface area contributed by atoms with Gasteiger partial charge in [-0.1, -0.05) is 34.1 Å². The van der Waals surface area contributed by atoms with Crippen LogP contribution in [0.15, 0.2) is 23.2 Å². The number of phenolic OH excluding ortho intramolecular Hbond substituents is 1. The highest BCUT2D eigenvalue weighted by atomic mass is 32.2. The second-order valence-electron chi connectivity index (χ2n) is 16.4. The molecule has 0 spiro atoms. The second kappa shape index (κ2) is 21.1. The van der Waals surface area contributed by atoms with Crippen LogP contribution in [0.4, 0.5) is 0 Å². The lowest BCUT2D eigenvalue weighted by atomic mass is 9.93. The largest absolute Gasteiger partial charge is 0.508 e. The van der Waals surface area contributed by atoms with E-state index in [0.717, 1.165) is 16.7 Å². The monoisotopic (exact) mass is 916 g/mol. The zero-order valence-corrected chi connectivity index (χ0v) is 36.5. The maximum absolute atomic E-state index is 14.5. The molecule has 4 heterocycles. The Morgan fingerprint density at radius 3 is 2.22 bits per heavy atom. The number of amides is 9. The fraction of sp³-hybridized carbons (Fsp3) is 0.575. The molecule has 14 N–H and O–H groups in total. The number of nitrogens with two attached hydrogens (primary N) is 1. The number of rotatable bonds is 7. The van der Waals surface area contributed by atoms with E-state index in [-0.39, 0.29) is 23.6 Å². The van der Waals surface area contributed by atoms with Crippen LogP contribution in [0.25, 0.3) is 10.9 Å². The molecule has 64 heavy (non-hydrogen) atoms. The number of benzene rings is 1. The number of aliphatic hydroxyl groups excluding tert-OH is 3. The summed E-state index contributed by atoms with van der Waals surface area (Å²) in [5, 5.41) is 59.2. The summed E-state index contributed by atoms with van der Waals surface area (Å²) in [5.41, 5.74) is 6.25. The highest BCUT2D eigenvalue weighted by molar-refractivity contribution is 8.00. The van der Waals surface area contributed by atoms with Gasteiger partial charge in [0.15, 0.2) is 0 Å². The molecule has 1 fully saturated rings. The number of H-pyrrole nitrogens is 1. The van der Waals surface area contributed by atoms with E-state index in [9.17, 15) is 63.6 Å². The summed E-state index contributed by atoms with van der Waals surface area (Å²) in [6.45, 7) is 3.59. The van der Waals surface area contributed by atoms with Crippen molar-refractivity contribution in [2.75, 3.05) is 26.2 Å². The molecule has 9 amide bonds. The van der Waals surface area contributed by atoms with Gasteiger partial charge in [0, 0.05) is 41.5 Å². The van der Waals surface area contributed by atoms with E-state index in [2.05, 4.69) is 42.2 Å². The van der Waals surface area contributed by atoms with Gasteiger partial charge in [0.2, 0.25) is 53.2 Å². The second-order valence-corrected chi connectivity index (χ2v) is 17.8. The molecule has 1 saturated heterocycles. The number of thioether (sulfide) groups is 1. The van der Waals surface area contributed by atoms with Crippen molar-refractivity contribution >= 4 is 75.8 Å². The lowest BCUT2D eigenvalue weighted by Crippen LogP contribution is -2.62. The van der Waals surface area contributed by atoms with Crippen molar-refractivity contribution in [1.82, 2.24) is 47.1 Å². The number of carbonyl (C=O) groups is 9. The first-order valence-corrected chi connectivity index (χ1v) is 21.7. The number of aromatic nitrogens is 1. The standard InChI is InChI=1S/C40H56N10O13S/c1-5-16(2)31-36(60)43-13-30(57)48-33-18(4)64-39-22(21-8-19(52)6-7-23(21)46-39)10-24(34(58)42-12-29(56)47-31)44-37(61)32(17(3)27(54)15-51)49-35(59)26-9-20(53)14-50(26)40(63)25(11-28(41)55)45-38(33)62/h6-8,16-18,20,24-27,31-33,46,51-54H,5,9-15H2,1-4H3,(H2,41,55)(H,42,58)(H,43,60)(H,44,61)(H,45,62)(H,47,56)(H,48,57)(H,49,59)/t16-,17-,18-,20+,24-,25-,26-,27-,31-,32-,33-/m0/s1. The van der Waals surface area contributed by atoms with Crippen molar-refractivity contribution in [3.8, 4) is 5.75 Å². The quantitative estimate of drug-likeness (QED) is 0.125. The van der Waals surface area contributed by atoms with Gasteiger partial charge in [-0.3, -0.25) is 43.2 Å². The Hall–Kier alpha value is -5.98. The fourth-order valence-corrected chi connectivity index (χ4v) is 9.00. The number of nitrogens with one attached hydrogen (secondary N) is 8. The Morgan fingerprint density at radius 2 is 1.56 bits per heavy atom. The smallest absolute Gasteiger partial charge is 0.246 e. The van der Waals surface area contributed by atoms with Gasteiger partial charge in [-0.2, -0.15) is 0 Å². The highest BCUT2D eigenvalue weighted by Crippen LogP contribution is 2.36. The summed E-state index contributed by atoms with van der Waals surface area (Å²) in [4.78, 5) is 128. The van der Waals surface area contributed by atoms with E-state index in [1.54, 1.807) is 13.8 Å². The zero-order chi connectivity index (χ0) is 47.2. The summed E-state index contributed by atoms with van der Waals surface area (Å²) in [6, 6.07) is -5.08. The van der Waals surface area contributed by atoms with Gasteiger partial charge in [0.1, 0.15) is 42.0 Å². The van der Waals surface area contributed by atoms with Gasteiger partial charge >= 0.3 is 0 Å². The number of hydrogen-bond donors (Lipinski definition) is 13. The molecular formula is C40H56N10O13S. The van der Waals surface area contributed by atoms with Crippen molar-refractivity contribution in [2.24, 2.45) is 17.6 Å². The van der Waals surface area contributed by atoms with E-state index in [4.69, 9.17) is 5.73 Å². The van der Waals surface area contributed by atoms with Gasteiger partial charge < -0.3 is 73.3 Å².